The van der Waals surface area contributed by atoms with E-state index in [0.29, 0.717) is 12.5 Å². The minimum absolute atomic E-state index is 0.483. The summed E-state index contributed by atoms with van der Waals surface area (Å²) >= 11 is 0. The van der Waals surface area contributed by atoms with Crippen LogP contribution in [0.2, 0.25) is 6.04 Å². The molecule has 0 aliphatic heterocycles. The lowest BCUT2D eigenvalue weighted by Crippen LogP contribution is -2.44. The fraction of sp³-hybridized carbons (Fsp3) is 1.00. The fourth-order valence-corrected chi connectivity index (χ4v) is 3.37. The molecule has 0 saturated heterocycles. The molecule has 1 unspecified atom stereocenters. The lowest BCUT2D eigenvalue weighted by molar-refractivity contribution is 0.118. The van der Waals surface area contributed by atoms with Crippen LogP contribution in [0.4, 0.5) is 0 Å². The van der Waals surface area contributed by atoms with Gasteiger partial charge in [0.15, 0.2) is 0 Å². The monoisotopic (exact) mass is 207 g/mol. The van der Waals surface area contributed by atoms with Crippen LogP contribution in [0.15, 0.2) is 0 Å². The van der Waals surface area contributed by atoms with Crippen LogP contribution in [0.1, 0.15) is 13.3 Å². The smallest absolute Gasteiger partial charge is 0.377 e. The maximum atomic E-state index is 5.47. The summed E-state index contributed by atoms with van der Waals surface area (Å²) in [5.41, 5.74) is 5.47. The molecule has 0 aliphatic rings. The zero-order valence-corrected chi connectivity index (χ0v) is 10.0. The third-order valence-electron chi connectivity index (χ3n) is 2.19. The highest BCUT2D eigenvalue weighted by Crippen LogP contribution is 2.20. The van der Waals surface area contributed by atoms with Crippen molar-refractivity contribution in [2.45, 2.75) is 19.4 Å². The third-order valence-corrected chi connectivity index (χ3v) is 5.25. The zero-order chi connectivity index (χ0) is 10.3. The van der Waals surface area contributed by atoms with Crippen molar-refractivity contribution in [1.82, 2.24) is 0 Å². The van der Waals surface area contributed by atoms with E-state index in [0.717, 1.165) is 12.5 Å². The molecule has 0 amide bonds. The second kappa shape index (κ2) is 6.50. The van der Waals surface area contributed by atoms with Gasteiger partial charge in [0.25, 0.3) is 0 Å². The van der Waals surface area contributed by atoms with E-state index in [9.17, 15) is 0 Å². The molecule has 0 spiro atoms. The van der Waals surface area contributed by atoms with E-state index in [1.54, 1.807) is 21.3 Å². The first kappa shape index (κ1) is 13.1. The number of nitrogens with two attached hydrogens (primary N) is 1. The van der Waals surface area contributed by atoms with Crippen LogP contribution < -0.4 is 5.73 Å². The van der Waals surface area contributed by atoms with Gasteiger partial charge in [-0.3, -0.25) is 0 Å². The van der Waals surface area contributed by atoms with Gasteiger partial charge in [-0.1, -0.05) is 6.92 Å². The molecule has 0 saturated carbocycles. The topological polar surface area (TPSA) is 53.7 Å². The predicted octanol–water partition coefficient (Wildman–Crippen LogP) is 0.849. The van der Waals surface area contributed by atoms with E-state index in [4.69, 9.17) is 19.0 Å². The molecule has 5 heteroatoms. The van der Waals surface area contributed by atoms with Crippen molar-refractivity contribution in [2.75, 3.05) is 27.9 Å². The van der Waals surface area contributed by atoms with Crippen LogP contribution in [-0.2, 0) is 13.3 Å². The molecule has 0 radical (unpaired) electrons. The van der Waals surface area contributed by atoms with Gasteiger partial charge in [-0.25, -0.2) is 0 Å². The summed E-state index contributed by atoms with van der Waals surface area (Å²) in [6.45, 7) is 2.83. The molecular weight excluding hydrogens is 186 g/mol. The quantitative estimate of drug-likeness (QED) is 0.629. The Morgan fingerprint density at radius 1 is 1.15 bits per heavy atom. The van der Waals surface area contributed by atoms with E-state index in [1.807, 2.05) is 0 Å². The highest BCUT2D eigenvalue weighted by Gasteiger charge is 2.38. The molecule has 0 fully saturated rings. The Labute approximate surface area is 81.7 Å². The van der Waals surface area contributed by atoms with Crippen molar-refractivity contribution in [1.29, 1.82) is 0 Å². The van der Waals surface area contributed by atoms with Crippen molar-refractivity contribution in [2.24, 2.45) is 11.7 Å². The zero-order valence-electron chi connectivity index (χ0n) is 9.00. The molecule has 0 rings (SSSR count). The van der Waals surface area contributed by atoms with Gasteiger partial charge in [0.1, 0.15) is 0 Å². The summed E-state index contributed by atoms with van der Waals surface area (Å²) in [4.78, 5) is 0. The van der Waals surface area contributed by atoms with E-state index >= 15 is 0 Å². The van der Waals surface area contributed by atoms with Gasteiger partial charge >= 0.3 is 8.80 Å². The summed E-state index contributed by atoms with van der Waals surface area (Å²) in [6, 6.07) is 0.827. The molecule has 2 N–H and O–H groups in total. The second-order valence-electron chi connectivity index (χ2n) is 3.18. The van der Waals surface area contributed by atoms with Crippen molar-refractivity contribution >= 4 is 8.80 Å². The van der Waals surface area contributed by atoms with Gasteiger partial charge in [0, 0.05) is 27.4 Å². The Balaban J connectivity index is 4.07. The van der Waals surface area contributed by atoms with Crippen molar-refractivity contribution < 1.29 is 13.3 Å². The highest BCUT2D eigenvalue weighted by molar-refractivity contribution is 6.60. The molecular formula is C8H21NO3Si. The van der Waals surface area contributed by atoms with Gasteiger partial charge in [-0.05, 0) is 18.9 Å². The van der Waals surface area contributed by atoms with Gasteiger partial charge in [-0.2, -0.15) is 0 Å². The molecule has 0 aromatic carbocycles. The van der Waals surface area contributed by atoms with E-state index in [2.05, 4.69) is 6.92 Å². The predicted molar refractivity (Wildman–Crippen MR) is 54.4 cm³/mol. The van der Waals surface area contributed by atoms with E-state index in [-0.39, 0.29) is 0 Å². The Hall–Kier alpha value is 0.0569. The van der Waals surface area contributed by atoms with Crippen LogP contribution in [0.3, 0.4) is 0 Å². The molecule has 0 heterocycles. The lowest BCUT2D eigenvalue weighted by Gasteiger charge is -2.26. The summed E-state index contributed by atoms with van der Waals surface area (Å²) < 4.78 is 15.9. The van der Waals surface area contributed by atoms with Gasteiger partial charge in [0.05, 0.1) is 0 Å². The molecule has 1 atom stereocenters. The van der Waals surface area contributed by atoms with Crippen molar-refractivity contribution in [3.63, 3.8) is 0 Å². The molecule has 4 nitrogen and oxygen atoms in total. The Morgan fingerprint density at radius 3 is 1.92 bits per heavy atom. The maximum absolute atomic E-state index is 5.47. The molecule has 0 aromatic heterocycles. The second-order valence-corrected chi connectivity index (χ2v) is 6.18. The first-order valence-corrected chi connectivity index (χ1v) is 6.42. The SMILES string of the molecule is CO[Si](CC(C)CCN)(OC)OC. The van der Waals surface area contributed by atoms with Crippen molar-refractivity contribution in [3.8, 4) is 0 Å². The standard InChI is InChI=1S/C8H21NO3Si/c1-8(5-6-9)7-13(10-2,11-3)12-4/h8H,5-7,9H2,1-4H3. The summed E-state index contributed by atoms with van der Waals surface area (Å²) in [6.07, 6.45) is 0.977. The third kappa shape index (κ3) is 4.19. The molecule has 80 valence electrons. The highest BCUT2D eigenvalue weighted by atomic mass is 28.4. The van der Waals surface area contributed by atoms with Gasteiger partial charge < -0.3 is 19.0 Å². The van der Waals surface area contributed by atoms with Crippen LogP contribution in [0, 0.1) is 5.92 Å². The first-order valence-electron chi connectivity index (χ1n) is 4.49. The molecule has 0 aromatic rings. The van der Waals surface area contributed by atoms with Gasteiger partial charge in [-0.15, -0.1) is 0 Å². The molecule has 0 bridgehead atoms. The summed E-state index contributed by atoms with van der Waals surface area (Å²) in [5.74, 6) is 0.483. The van der Waals surface area contributed by atoms with Crippen LogP contribution in [0.25, 0.3) is 0 Å². The summed E-state index contributed by atoms with van der Waals surface area (Å²) in [7, 11) is 2.53. The summed E-state index contributed by atoms with van der Waals surface area (Å²) in [5, 5.41) is 0. The fourth-order valence-electron chi connectivity index (χ4n) is 1.31. The Bertz CT molecular complexity index is 122. The van der Waals surface area contributed by atoms with Gasteiger partial charge in [0.2, 0.25) is 0 Å². The number of rotatable bonds is 7. The average Bonchev–Trinajstić information content (AvgIpc) is 2.15. The van der Waals surface area contributed by atoms with Crippen LogP contribution in [0.5, 0.6) is 0 Å². The van der Waals surface area contributed by atoms with Crippen LogP contribution >= 0.6 is 0 Å². The minimum atomic E-state index is -2.37. The largest absolute Gasteiger partial charge is 0.500 e. The van der Waals surface area contributed by atoms with E-state index in [1.165, 1.54) is 0 Å². The number of hydrogen-bond donors (Lipinski definition) is 1. The van der Waals surface area contributed by atoms with Crippen LogP contribution in [-0.4, -0.2) is 36.7 Å². The average molecular weight is 207 g/mol. The Kier molecular flexibility index (Phi) is 6.53. The Morgan fingerprint density at radius 2 is 1.62 bits per heavy atom. The maximum Gasteiger partial charge on any atom is 0.500 e. The minimum Gasteiger partial charge on any atom is -0.377 e. The molecule has 0 aliphatic carbocycles. The normalized spacial score (nSPS) is 14.5. The van der Waals surface area contributed by atoms with E-state index < -0.39 is 8.80 Å². The lowest BCUT2D eigenvalue weighted by atomic mass is 10.1. The van der Waals surface area contributed by atoms with Crippen molar-refractivity contribution in [3.05, 3.63) is 0 Å². The molecule has 13 heavy (non-hydrogen) atoms. The first-order chi connectivity index (χ1) is 6.14. The number of hydrogen-bond acceptors (Lipinski definition) is 4.